The predicted octanol–water partition coefficient (Wildman–Crippen LogP) is 1.63. The van der Waals surface area contributed by atoms with E-state index in [0.29, 0.717) is 18.9 Å². The first kappa shape index (κ1) is 13.9. The molecule has 0 spiro atoms. The van der Waals surface area contributed by atoms with E-state index >= 15 is 0 Å². The van der Waals surface area contributed by atoms with Gasteiger partial charge in [-0.3, -0.25) is 10.1 Å². The number of non-ortho nitro benzene ring substituents is 1. The van der Waals surface area contributed by atoms with Crippen molar-refractivity contribution < 1.29 is 4.92 Å². The first-order chi connectivity index (χ1) is 9.60. The molecular formula is C13H15N5O2. The molecular weight excluding hydrogens is 258 g/mol. The highest BCUT2D eigenvalue weighted by atomic mass is 16.6. The van der Waals surface area contributed by atoms with Gasteiger partial charge in [0.25, 0.3) is 5.69 Å². The van der Waals surface area contributed by atoms with Gasteiger partial charge in [-0.15, -0.1) is 0 Å². The van der Waals surface area contributed by atoms with Crippen LogP contribution in [0.1, 0.15) is 0 Å². The summed E-state index contributed by atoms with van der Waals surface area (Å²) < 4.78 is 1.69. The number of nitrogens with one attached hydrogen (secondary N) is 1. The van der Waals surface area contributed by atoms with E-state index in [2.05, 4.69) is 22.0 Å². The third-order valence-corrected chi connectivity index (χ3v) is 2.69. The molecule has 1 aromatic carbocycles. The molecule has 1 N–H and O–H groups in total. The molecule has 0 saturated heterocycles. The number of benzene rings is 1. The number of nitro groups is 1. The summed E-state index contributed by atoms with van der Waals surface area (Å²) in [6.07, 6.45) is 1.62. The van der Waals surface area contributed by atoms with Crippen molar-refractivity contribution in [3.05, 3.63) is 52.9 Å². The Bertz CT molecular complexity index is 618. The third kappa shape index (κ3) is 3.27. The van der Waals surface area contributed by atoms with Crippen LogP contribution in [0, 0.1) is 10.1 Å². The Morgan fingerprint density at radius 1 is 1.45 bits per heavy atom. The monoisotopic (exact) mass is 273 g/mol. The molecule has 2 rings (SSSR count). The van der Waals surface area contributed by atoms with E-state index in [4.69, 9.17) is 0 Å². The lowest BCUT2D eigenvalue weighted by Crippen LogP contribution is -2.14. The van der Waals surface area contributed by atoms with E-state index in [1.165, 1.54) is 12.1 Å². The van der Waals surface area contributed by atoms with Crippen LogP contribution in [-0.4, -0.2) is 33.3 Å². The van der Waals surface area contributed by atoms with Crippen LogP contribution in [0.3, 0.4) is 0 Å². The fourth-order valence-electron chi connectivity index (χ4n) is 1.77. The number of nitro benzene ring substituents is 1. The summed E-state index contributed by atoms with van der Waals surface area (Å²) in [4.78, 5) is 14.4. The summed E-state index contributed by atoms with van der Waals surface area (Å²) in [5.74, 6) is 0.539. The number of likely N-dealkylation sites (N-methyl/N-ethyl adjacent to an activating group) is 1. The van der Waals surface area contributed by atoms with Crippen molar-refractivity contribution in [2.75, 3.05) is 13.6 Å². The van der Waals surface area contributed by atoms with E-state index in [1.807, 2.05) is 7.05 Å². The van der Waals surface area contributed by atoms with Crippen molar-refractivity contribution >= 4 is 5.69 Å². The summed E-state index contributed by atoms with van der Waals surface area (Å²) in [6, 6.07) is 6.16. The van der Waals surface area contributed by atoms with Gasteiger partial charge in [0.15, 0.2) is 5.82 Å². The van der Waals surface area contributed by atoms with Crippen molar-refractivity contribution in [2.24, 2.45) is 0 Å². The number of hydrogen-bond acceptors (Lipinski definition) is 5. The molecule has 7 nitrogen and oxygen atoms in total. The maximum absolute atomic E-state index is 10.6. The van der Waals surface area contributed by atoms with Crippen LogP contribution in [0.4, 0.5) is 5.69 Å². The van der Waals surface area contributed by atoms with Crippen molar-refractivity contribution in [1.29, 1.82) is 0 Å². The van der Waals surface area contributed by atoms with Gasteiger partial charge in [-0.1, -0.05) is 6.58 Å². The maximum Gasteiger partial charge on any atom is 0.269 e. The second kappa shape index (κ2) is 6.07. The normalized spacial score (nSPS) is 10.4. The first-order valence-corrected chi connectivity index (χ1v) is 6.05. The number of hydrogen-bond donors (Lipinski definition) is 1. The Morgan fingerprint density at radius 2 is 2.15 bits per heavy atom. The molecule has 0 fully saturated rings. The van der Waals surface area contributed by atoms with E-state index in [9.17, 15) is 10.1 Å². The van der Waals surface area contributed by atoms with Gasteiger partial charge in [0.05, 0.1) is 11.5 Å². The zero-order valence-electron chi connectivity index (χ0n) is 11.1. The third-order valence-electron chi connectivity index (χ3n) is 2.69. The molecule has 0 saturated carbocycles. The van der Waals surface area contributed by atoms with Crippen LogP contribution in [0.2, 0.25) is 0 Å². The highest BCUT2D eigenvalue weighted by Crippen LogP contribution is 2.18. The van der Waals surface area contributed by atoms with E-state index in [0.717, 1.165) is 11.1 Å². The largest absolute Gasteiger partial charge is 0.316 e. The second-order valence-corrected chi connectivity index (χ2v) is 4.35. The minimum Gasteiger partial charge on any atom is -0.316 e. The van der Waals surface area contributed by atoms with Gasteiger partial charge in [-0.25, -0.2) is 9.67 Å². The molecule has 104 valence electrons. The second-order valence-electron chi connectivity index (χ2n) is 4.35. The lowest BCUT2D eigenvalue weighted by Gasteiger charge is -2.03. The number of rotatable bonds is 6. The minimum atomic E-state index is -0.433. The summed E-state index contributed by atoms with van der Waals surface area (Å²) in [7, 11) is 1.86. The molecule has 1 heterocycles. The molecule has 1 aromatic heterocycles. The quantitative estimate of drug-likeness (QED) is 0.491. The SMILES string of the molecule is C=C(CNC)Cn1cnc(-c2ccc([N+](=O)[O-])cc2)n1. The molecule has 0 radical (unpaired) electrons. The maximum atomic E-state index is 10.6. The average molecular weight is 273 g/mol. The highest BCUT2D eigenvalue weighted by molar-refractivity contribution is 5.56. The van der Waals surface area contributed by atoms with Gasteiger partial charge in [0.1, 0.15) is 6.33 Å². The van der Waals surface area contributed by atoms with Gasteiger partial charge >= 0.3 is 0 Å². The molecule has 0 aliphatic heterocycles. The summed E-state index contributed by atoms with van der Waals surface area (Å²) in [6.45, 7) is 5.23. The van der Waals surface area contributed by atoms with Gasteiger partial charge < -0.3 is 5.32 Å². The van der Waals surface area contributed by atoms with Gasteiger partial charge in [0, 0.05) is 24.2 Å². The smallest absolute Gasteiger partial charge is 0.269 e. The van der Waals surface area contributed by atoms with Crippen molar-refractivity contribution in [3.63, 3.8) is 0 Å². The van der Waals surface area contributed by atoms with E-state index in [1.54, 1.807) is 23.1 Å². The molecule has 0 bridgehead atoms. The number of aromatic nitrogens is 3. The zero-order chi connectivity index (χ0) is 14.5. The molecule has 0 atom stereocenters. The molecule has 0 unspecified atom stereocenters. The highest BCUT2D eigenvalue weighted by Gasteiger charge is 2.08. The van der Waals surface area contributed by atoms with Crippen molar-refractivity contribution in [1.82, 2.24) is 20.1 Å². The molecule has 0 amide bonds. The predicted molar refractivity (Wildman–Crippen MR) is 75.2 cm³/mol. The van der Waals surface area contributed by atoms with Crippen molar-refractivity contribution in [3.8, 4) is 11.4 Å². The van der Waals surface area contributed by atoms with Crippen molar-refractivity contribution in [2.45, 2.75) is 6.54 Å². The van der Waals surface area contributed by atoms with E-state index in [-0.39, 0.29) is 5.69 Å². The van der Waals surface area contributed by atoms with Crippen LogP contribution < -0.4 is 5.32 Å². The Kier molecular flexibility index (Phi) is 4.21. The van der Waals surface area contributed by atoms with Gasteiger partial charge in [-0.05, 0) is 24.8 Å². The van der Waals surface area contributed by atoms with Gasteiger partial charge in [0.2, 0.25) is 0 Å². The van der Waals surface area contributed by atoms with Crippen LogP contribution in [0.25, 0.3) is 11.4 Å². The van der Waals surface area contributed by atoms with Crippen LogP contribution in [-0.2, 0) is 6.54 Å². The van der Waals surface area contributed by atoms with Crippen LogP contribution in [0.5, 0.6) is 0 Å². The standard InChI is InChI=1S/C13H15N5O2/c1-10(7-14-2)8-17-9-15-13(16-17)11-3-5-12(6-4-11)18(19)20/h3-6,9,14H,1,7-8H2,2H3. The number of nitrogens with zero attached hydrogens (tertiary/aromatic N) is 4. The molecule has 0 aliphatic rings. The van der Waals surface area contributed by atoms with Crippen LogP contribution >= 0.6 is 0 Å². The molecule has 7 heteroatoms. The molecule has 0 aliphatic carbocycles. The van der Waals surface area contributed by atoms with Gasteiger partial charge in [-0.2, -0.15) is 5.10 Å². The summed E-state index contributed by atoms with van der Waals surface area (Å²) in [5, 5.41) is 17.9. The van der Waals surface area contributed by atoms with E-state index < -0.39 is 4.92 Å². The fraction of sp³-hybridized carbons (Fsp3) is 0.231. The first-order valence-electron chi connectivity index (χ1n) is 6.05. The average Bonchev–Trinajstić information content (AvgIpc) is 2.87. The molecule has 20 heavy (non-hydrogen) atoms. The topological polar surface area (TPSA) is 85.9 Å². The Labute approximate surface area is 116 Å². The summed E-state index contributed by atoms with van der Waals surface area (Å²) >= 11 is 0. The van der Waals surface area contributed by atoms with Crippen LogP contribution in [0.15, 0.2) is 42.7 Å². The fourth-order valence-corrected chi connectivity index (χ4v) is 1.77. The molecule has 2 aromatic rings. The summed E-state index contributed by atoms with van der Waals surface area (Å²) in [5.41, 5.74) is 1.79. The minimum absolute atomic E-state index is 0.0515. The lowest BCUT2D eigenvalue weighted by molar-refractivity contribution is -0.384. The Balaban J connectivity index is 2.12. The Morgan fingerprint density at radius 3 is 2.75 bits per heavy atom. The zero-order valence-corrected chi connectivity index (χ0v) is 11.1. The lowest BCUT2D eigenvalue weighted by atomic mass is 10.2. The Hall–Kier alpha value is -2.54.